The fraction of sp³-hybridized carbons (Fsp3) is 0. The Morgan fingerprint density at radius 3 is 1.72 bits per heavy atom. The Balaban J connectivity index is 1.05. The van der Waals surface area contributed by atoms with Gasteiger partial charge in [0, 0.05) is 38.2 Å². The molecule has 0 saturated carbocycles. The van der Waals surface area contributed by atoms with Gasteiger partial charge in [0.25, 0.3) is 0 Å². The molecule has 0 radical (unpaired) electrons. The summed E-state index contributed by atoms with van der Waals surface area (Å²) in [6, 6.07) is 65.1. The van der Waals surface area contributed by atoms with E-state index in [4.69, 9.17) is 23.8 Å². The summed E-state index contributed by atoms with van der Waals surface area (Å²) >= 11 is 0. The first-order valence-electron chi connectivity index (χ1n) is 19.4. The topological polar surface area (TPSA) is 65.0 Å². The van der Waals surface area contributed by atoms with Crippen molar-refractivity contribution in [1.82, 2.24) is 15.0 Å². The van der Waals surface area contributed by atoms with E-state index in [0.29, 0.717) is 17.5 Å². The second-order valence-electron chi connectivity index (χ2n) is 14.7. The Morgan fingerprint density at radius 1 is 0.293 bits per heavy atom. The van der Waals surface area contributed by atoms with Crippen LogP contribution in [0.15, 0.2) is 197 Å². The van der Waals surface area contributed by atoms with Crippen LogP contribution < -0.4 is 0 Å². The van der Waals surface area contributed by atoms with Crippen LogP contribution in [0.4, 0.5) is 0 Å². The predicted molar refractivity (Wildman–Crippen MR) is 237 cm³/mol. The molecule has 0 N–H and O–H groups in total. The highest BCUT2D eigenvalue weighted by Gasteiger charge is 2.21. The molecule has 0 aliphatic heterocycles. The third kappa shape index (κ3) is 5.07. The summed E-state index contributed by atoms with van der Waals surface area (Å²) in [5.41, 5.74) is 10.4. The Kier molecular flexibility index (Phi) is 7.16. The first-order valence-corrected chi connectivity index (χ1v) is 19.4. The molecule has 3 aromatic heterocycles. The van der Waals surface area contributed by atoms with Crippen LogP contribution in [0.25, 0.3) is 122 Å². The number of furan rings is 2. The zero-order chi connectivity index (χ0) is 38.2. The smallest absolute Gasteiger partial charge is 0.167 e. The molecule has 0 atom stereocenters. The summed E-state index contributed by atoms with van der Waals surface area (Å²) in [5, 5.41) is 8.81. The van der Waals surface area contributed by atoms with Crippen molar-refractivity contribution in [3.05, 3.63) is 188 Å². The van der Waals surface area contributed by atoms with Gasteiger partial charge in [-0.3, -0.25) is 0 Å². The molecule has 9 aromatic carbocycles. The zero-order valence-corrected chi connectivity index (χ0v) is 31.1. The summed E-state index contributed by atoms with van der Waals surface area (Å²) in [4.78, 5) is 15.4. The molecule has 0 fully saturated rings. The number of fused-ring (bicyclic) bond motifs is 8. The largest absolute Gasteiger partial charge is 0.455 e. The van der Waals surface area contributed by atoms with Crippen molar-refractivity contribution in [2.75, 3.05) is 0 Å². The molecule has 12 aromatic rings. The second kappa shape index (κ2) is 12.8. The molecule has 0 aliphatic rings. The summed E-state index contributed by atoms with van der Waals surface area (Å²) in [6.07, 6.45) is 0. The molecule has 0 unspecified atom stereocenters. The summed E-state index contributed by atoms with van der Waals surface area (Å²) in [7, 11) is 0. The van der Waals surface area contributed by atoms with Gasteiger partial charge in [-0.05, 0) is 68.6 Å². The Labute approximate surface area is 332 Å². The number of para-hydroxylation sites is 3. The molecule has 12 rings (SSSR count). The minimum atomic E-state index is 0.554. The van der Waals surface area contributed by atoms with E-state index in [1.165, 1.54) is 10.8 Å². The van der Waals surface area contributed by atoms with Crippen molar-refractivity contribution in [2.24, 2.45) is 0 Å². The maximum Gasteiger partial charge on any atom is 0.167 e. The lowest BCUT2D eigenvalue weighted by Gasteiger charge is -2.14. The van der Waals surface area contributed by atoms with Crippen molar-refractivity contribution >= 4 is 65.4 Å². The van der Waals surface area contributed by atoms with E-state index in [9.17, 15) is 0 Å². The standard InChI is InChI=1S/C53H31N3O2/c1-2-14-33(15-3-1)51-54-52(56-53(55-51)45-24-11-22-42-40-19-8-9-25-46(40)57-50(42)45)43-30-29-39(37-17-6-7-18-38(37)43)41-21-12-26-47-48(41)44-23-10-20-36(49(44)58-47)35-28-27-32-13-4-5-16-34(32)31-35/h1-31H. The molecule has 0 spiro atoms. The second-order valence-corrected chi connectivity index (χ2v) is 14.7. The maximum absolute atomic E-state index is 6.74. The van der Waals surface area contributed by atoms with Crippen molar-refractivity contribution in [3.8, 4) is 56.4 Å². The van der Waals surface area contributed by atoms with Crippen LogP contribution in [0, 0.1) is 0 Å². The number of hydrogen-bond acceptors (Lipinski definition) is 5. The minimum absolute atomic E-state index is 0.554. The molecule has 0 bridgehead atoms. The highest BCUT2D eigenvalue weighted by atomic mass is 16.3. The Hall–Kier alpha value is -7.89. The first kappa shape index (κ1) is 32.4. The number of aromatic nitrogens is 3. The van der Waals surface area contributed by atoms with Crippen LogP contribution >= 0.6 is 0 Å². The van der Waals surface area contributed by atoms with Crippen LogP contribution in [0.3, 0.4) is 0 Å². The SMILES string of the molecule is c1ccc(-c2nc(-c3ccc(-c4cccc5oc6c(-c7ccc8ccccc8c7)cccc6c45)c4ccccc34)nc(-c3cccc4c3oc3ccccc34)n2)cc1. The molecule has 5 nitrogen and oxygen atoms in total. The van der Waals surface area contributed by atoms with E-state index >= 15 is 0 Å². The average molecular weight is 742 g/mol. The van der Waals surface area contributed by atoms with Gasteiger partial charge in [-0.15, -0.1) is 0 Å². The first-order chi connectivity index (χ1) is 28.7. The lowest BCUT2D eigenvalue weighted by Crippen LogP contribution is -2.01. The normalized spacial score (nSPS) is 11.8. The molecule has 0 aliphatic carbocycles. The maximum atomic E-state index is 6.74. The van der Waals surface area contributed by atoms with Crippen molar-refractivity contribution in [3.63, 3.8) is 0 Å². The van der Waals surface area contributed by atoms with Gasteiger partial charge in [0.05, 0.1) is 5.56 Å². The Morgan fingerprint density at radius 2 is 0.862 bits per heavy atom. The number of hydrogen-bond donors (Lipinski definition) is 0. The van der Waals surface area contributed by atoms with E-state index in [1.54, 1.807) is 0 Å². The lowest BCUT2D eigenvalue weighted by molar-refractivity contribution is 0.669. The van der Waals surface area contributed by atoms with Crippen LogP contribution in [0.1, 0.15) is 0 Å². The van der Waals surface area contributed by atoms with Gasteiger partial charge >= 0.3 is 0 Å². The van der Waals surface area contributed by atoms with E-state index < -0.39 is 0 Å². The number of rotatable bonds is 5. The lowest BCUT2D eigenvalue weighted by atomic mass is 9.91. The molecule has 0 saturated heterocycles. The van der Waals surface area contributed by atoms with E-state index in [-0.39, 0.29) is 0 Å². The summed E-state index contributed by atoms with van der Waals surface area (Å²) < 4.78 is 13.2. The van der Waals surface area contributed by atoms with Crippen LogP contribution in [-0.4, -0.2) is 15.0 Å². The molecule has 3 heterocycles. The van der Waals surface area contributed by atoms with Crippen molar-refractivity contribution in [1.29, 1.82) is 0 Å². The molecule has 0 amide bonds. The van der Waals surface area contributed by atoms with Gasteiger partial charge in [0.2, 0.25) is 0 Å². The van der Waals surface area contributed by atoms with Crippen molar-refractivity contribution < 1.29 is 8.83 Å². The van der Waals surface area contributed by atoms with E-state index in [0.717, 1.165) is 93.6 Å². The number of benzene rings is 9. The minimum Gasteiger partial charge on any atom is -0.455 e. The summed E-state index contributed by atoms with van der Waals surface area (Å²) in [6.45, 7) is 0. The fourth-order valence-corrected chi connectivity index (χ4v) is 8.64. The fourth-order valence-electron chi connectivity index (χ4n) is 8.64. The molecule has 270 valence electrons. The molecular formula is C53H31N3O2. The number of nitrogens with zero attached hydrogens (tertiary/aromatic N) is 3. The van der Waals surface area contributed by atoms with Gasteiger partial charge in [0.15, 0.2) is 17.5 Å². The van der Waals surface area contributed by atoms with Gasteiger partial charge in [0.1, 0.15) is 22.3 Å². The van der Waals surface area contributed by atoms with Gasteiger partial charge in [-0.2, -0.15) is 0 Å². The van der Waals surface area contributed by atoms with Gasteiger partial charge < -0.3 is 8.83 Å². The predicted octanol–water partition coefficient (Wildman–Crippen LogP) is 14.3. The summed E-state index contributed by atoms with van der Waals surface area (Å²) in [5.74, 6) is 1.74. The molecular weight excluding hydrogens is 711 g/mol. The third-order valence-electron chi connectivity index (χ3n) is 11.4. The van der Waals surface area contributed by atoms with Gasteiger partial charge in [-0.1, -0.05) is 158 Å². The quantitative estimate of drug-likeness (QED) is 0.176. The van der Waals surface area contributed by atoms with Crippen molar-refractivity contribution in [2.45, 2.75) is 0 Å². The highest BCUT2D eigenvalue weighted by Crippen LogP contribution is 2.44. The monoisotopic (exact) mass is 741 g/mol. The highest BCUT2D eigenvalue weighted by molar-refractivity contribution is 6.18. The Bertz CT molecular complexity index is 3580. The third-order valence-corrected chi connectivity index (χ3v) is 11.4. The van der Waals surface area contributed by atoms with Crippen LogP contribution in [-0.2, 0) is 0 Å². The van der Waals surface area contributed by atoms with E-state index in [2.05, 4.69) is 127 Å². The van der Waals surface area contributed by atoms with Gasteiger partial charge in [-0.25, -0.2) is 15.0 Å². The molecule has 5 heteroatoms. The molecule has 58 heavy (non-hydrogen) atoms. The zero-order valence-electron chi connectivity index (χ0n) is 31.1. The van der Waals surface area contributed by atoms with E-state index in [1.807, 2.05) is 60.7 Å². The average Bonchev–Trinajstić information content (AvgIpc) is 3.88. The van der Waals surface area contributed by atoms with Crippen LogP contribution in [0.2, 0.25) is 0 Å². The van der Waals surface area contributed by atoms with Crippen LogP contribution in [0.5, 0.6) is 0 Å².